The summed E-state index contributed by atoms with van der Waals surface area (Å²) in [5.41, 5.74) is 0.609. The summed E-state index contributed by atoms with van der Waals surface area (Å²) in [5.74, 6) is 0.272. The standard InChI is InChI=1S/C14H18O3/c15-9-8-11-6-7-13(10-11)17-14(16)12-4-2-1-3-5-12/h1-5,11,13,15H,6-10H2/t11-,13+/m0/s1. The van der Waals surface area contributed by atoms with Crippen molar-refractivity contribution >= 4 is 5.97 Å². The number of aliphatic hydroxyl groups excluding tert-OH is 1. The Morgan fingerprint density at radius 1 is 1.29 bits per heavy atom. The largest absolute Gasteiger partial charge is 0.459 e. The van der Waals surface area contributed by atoms with Crippen molar-refractivity contribution in [2.45, 2.75) is 31.8 Å². The number of hydrogen-bond acceptors (Lipinski definition) is 3. The lowest BCUT2D eigenvalue weighted by atomic mass is 10.1. The van der Waals surface area contributed by atoms with Crippen molar-refractivity contribution in [2.24, 2.45) is 5.92 Å². The van der Waals surface area contributed by atoms with Crippen molar-refractivity contribution in [1.29, 1.82) is 0 Å². The van der Waals surface area contributed by atoms with Gasteiger partial charge in [0.1, 0.15) is 6.10 Å². The summed E-state index contributed by atoms with van der Waals surface area (Å²) in [5, 5.41) is 8.87. The predicted octanol–water partition coefficient (Wildman–Crippen LogP) is 2.39. The van der Waals surface area contributed by atoms with E-state index in [0.29, 0.717) is 11.5 Å². The molecule has 92 valence electrons. The van der Waals surface area contributed by atoms with E-state index in [1.54, 1.807) is 12.1 Å². The molecule has 2 rings (SSSR count). The molecule has 0 unspecified atom stereocenters. The molecule has 0 radical (unpaired) electrons. The van der Waals surface area contributed by atoms with Gasteiger partial charge in [0.2, 0.25) is 0 Å². The van der Waals surface area contributed by atoms with Crippen molar-refractivity contribution in [3.8, 4) is 0 Å². The third kappa shape index (κ3) is 3.30. The number of esters is 1. The van der Waals surface area contributed by atoms with Gasteiger partial charge in [0.25, 0.3) is 0 Å². The second kappa shape index (κ2) is 5.82. The smallest absolute Gasteiger partial charge is 0.338 e. The summed E-state index contributed by atoms with van der Waals surface area (Å²) in [6.07, 6.45) is 3.70. The number of carbonyl (C=O) groups excluding carboxylic acids is 1. The summed E-state index contributed by atoms with van der Waals surface area (Å²) < 4.78 is 5.45. The SMILES string of the molecule is O=C(O[C@@H]1CC[C@@H](CCO)C1)c1ccccc1. The van der Waals surface area contributed by atoms with Gasteiger partial charge in [-0.1, -0.05) is 18.2 Å². The van der Waals surface area contributed by atoms with Crippen molar-refractivity contribution in [3.05, 3.63) is 35.9 Å². The molecule has 3 nitrogen and oxygen atoms in total. The molecule has 0 aliphatic heterocycles. The Balaban J connectivity index is 1.84. The first-order valence-corrected chi connectivity index (χ1v) is 6.16. The van der Waals surface area contributed by atoms with Gasteiger partial charge in [0, 0.05) is 6.61 Å². The van der Waals surface area contributed by atoms with E-state index < -0.39 is 0 Å². The Hall–Kier alpha value is -1.35. The topological polar surface area (TPSA) is 46.5 Å². The lowest BCUT2D eigenvalue weighted by molar-refractivity contribution is 0.0307. The number of hydrogen-bond donors (Lipinski definition) is 1. The van der Waals surface area contributed by atoms with Crippen LogP contribution in [0.25, 0.3) is 0 Å². The number of rotatable bonds is 4. The van der Waals surface area contributed by atoms with Gasteiger partial charge in [0.05, 0.1) is 5.56 Å². The predicted molar refractivity (Wildman–Crippen MR) is 64.7 cm³/mol. The van der Waals surface area contributed by atoms with E-state index in [9.17, 15) is 4.79 Å². The molecule has 0 spiro atoms. The van der Waals surface area contributed by atoms with Crippen LogP contribution in [-0.4, -0.2) is 23.8 Å². The summed E-state index contributed by atoms with van der Waals surface area (Å²) in [6.45, 7) is 0.226. The van der Waals surface area contributed by atoms with Crippen molar-refractivity contribution in [1.82, 2.24) is 0 Å². The molecule has 1 aliphatic carbocycles. The maximum atomic E-state index is 11.8. The first-order valence-electron chi connectivity index (χ1n) is 6.16. The highest BCUT2D eigenvalue weighted by Crippen LogP contribution is 2.30. The van der Waals surface area contributed by atoms with Crippen LogP contribution in [0.2, 0.25) is 0 Å². The van der Waals surface area contributed by atoms with Gasteiger partial charge in [0.15, 0.2) is 0 Å². The van der Waals surface area contributed by atoms with Gasteiger partial charge in [-0.25, -0.2) is 4.79 Å². The summed E-state index contributed by atoms with van der Waals surface area (Å²) in [6, 6.07) is 9.08. The monoisotopic (exact) mass is 234 g/mol. The molecule has 2 atom stereocenters. The zero-order valence-corrected chi connectivity index (χ0v) is 9.84. The highest BCUT2D eigenvalue weighted by molar-refractivity contribution is 5.89. The molecule has 0 amide bonds. The average Bonchev–Trinajstić information content (AvgIpc) is 2.78. The Labute approximate surface area is 101 Å². The summed E-state index contributed by atoms with van der Waals surface area (Å²) >= 11 is 0. The molecule has 1 N–H and O–H groups in total. The van der Waals surface area contributed by atoms with Crippen molar-refractivity contribution in [3.63, 3.8) is 0 Å². The van der Waals surface area contributed by atoms with Crippen LogP contribution in [-0.2, 0) is 4.74 Å². The van der Waals surface area contributed by atoms with E-state index in [1.165, 1.54) is 0 Å². The van der Waals surface area contributed by atoms with E-state index in [1.807, 2.05) is 18.2 Å². The molecule has 17 heavy (non-hydrogen) atoms. The van der Waals surface area contributed by atoms with Crippen LogP contribution in [0.4, 0.5) is 0 Å². The maximum absolute atomic E-state index is 11.8. The van der Waals surface area contributed by atoms with Crippen LogP contribution in [0.15, 0.2) is 30.3 Å². The van der Waals surface area contributed by atoms with Crippen LogP contribution in [0, 0.1) is 5.92 Å². The molecule has 1 saturated carbocycles. The Kier molecular flexibility index (Phi) is 4.15. The first kappa shape index (κ1) is 12.1. The Bertz CT molecular complexity index is 361. The minimum absolute atomic E-state index is 0.0271. The van der Waals surface area contributed by atoms with Crippen molar-refractivity contribution < 1.29 is 14.6 Å². The van der Waals surface area contributed by atoms with E-state index in [4.69, 9.17) is 9.84 Å². The second-order valence-corrected chi connectivity index (χ2v) is 4.58. The molecule has 0 aromatic heterocycles. The number of benzene rings is 1. The van der Waals surface area contributed by atoms with Crippen LogP contribution < -0.4 is 0 Å². The fraction of sp³-hybridized carbons (Fsp3) is 0.500. The minimum atomic E-state index is -0.236. The molecule has 1 fully saturated rings. The highest BCUT2D eigenvalue weighted by Gasteiger charge is 2.27. The Morgan fingerprint density at radius 2 is 2.06 bits per heavy atom. The fourth-order valence-corrected chi connectivity index (χ4v) is 2.37. The van der Waals surface area contributed by atoms with Crippen LogP contribution in [0.3, 0.4) is 0 Å². The highest BCUT2D eigenvalue weighted by atomic mass is 16.5. The molecular weight excluding hydrogens is 216 g/mol. The zero-order valence-electron chi connectivity index (χ0n) is 9.84. The maximum Gasteiger partial charge on any atom is 0.338 e. The zero-order chi connectivity index (χ0) is 12.1. The lowest BCUT2D eigenvalue weighted by Gasteiger charge is -2.12. The molecular formula is C14H18O3. The molecule has 0 saturated heterocycles. The molecule has 0 heterocycles. The van der Waals surface area contributed by atoms with Gasteiger partial charge in [-0.15, -0.1) is 0 Å². The van der Waals surface area contributed by atoms with Crippen LogP contribution in [0.5, 0.6) is 0 Å². The molecule has 0 bridgehead atoms. The van der Waals surface area contributed by atoms with E-state index in [0.717, 1.165) is 25.7 Å². The molecule has 1 aromatic carbocycles. The van der Waals surface area contributed by atoms with Crippen LogP contribution >= 0.6 is 0 Å². The van der Waals surface area contributed by atoms with Crippen LogP contribution in [0.1, 0.15) is 36.0 Å². The molecule has 1 aliphatic rings. The van der Waals surface area contributed by atoms with Crippen molar-refractivity contribution in [2.75, 3.05) is 6.61 Å². The van der Waals surface area contributed by atoms with E-state index in [2.05, 4.69) is 0 Å². The number of carbonyl (C=O) groups is 1. The fourth-order valence-electron chi connectivity index (χ4n) is 2.37. The van der Waals surface area contributed by atoms with E-state index in [-0.39, 0.29) is 18.7 Å². The van der Waals surface area contributed by atoms with Gasteiger partial charge in [-0.3, -0.25) is 0 Å². The van der Waals surface area contributed by atoms with Gasteiger partial charge < -0.3 is 9.84 Å². The van der Waals surface area contributed by atoms with E-state index >= 15 is 0 Å². The molecule has 1 aromatic rings. The molecule has 3 heteroatoms. The lowest BCUT2D eigenvalue weighted by Crippen LogP contribution is -2.15. The second-order valence-electron chi connectivity index (χ2n) is 4.58. The first-order chi connectivity index (χ1) is 8.29. The Morgan fingerprint density at radius 3 is 2.76 bits per heavy atom. The third-order valence-corrected chi connectivity index (χ3v) is 3.31. The number of ether oxygens (including phenoxy) is 1. The number of aliphatic hydroxyl groups is 1. The minimum Gasteiger partial charge on any atom is -0.459 e. The summed E-state index contributed by atoms with van der Waals surface area (Å²) in [7, 11) is 0. The summed E-state index contributed by atoms with van der Waals surface area (Å²) in [4.78, 5) is 11.8. The van der Waals surface area contributed by atoms with Gasteiger partial charge in [-0.05, 0) is 43.7 Å². The van der Waals surface area contributed by atoms with Gasteiger partial charge >= 0.3 is 5.97 Å². The quantitative estimate of drug-likeness (QED) is 0.814. The normalized spacial score (nSPS) is 23.6. The average molecular weight is 234 g/mol. The van der Waals surface area contributed by atoms with Gasteiger partial charge in [-0.2, -0.15) is 0 Å². The third-order valence-electron chi connectivity index (χ3n) is 3.31.